The standard InChI is InChI=1S/C10H12BrClO/c1-7(13)2-3-8-4-5-9(12)6-10(8)11/h4-7,13H,2-3H2,1H3/t7-/m1/s1. The Morgan fingerprint density at radius 2 is 2.23 bits per heavy atom. The van der Waals surface area contributed by atoms with Gasteiger partial charge in [0.25, 0.3) is 0 Å². The van der Waals surface area contributed by atoms with E-state index in [1.54, 1.807) is 6.92 Å². The van der Waals surface area contributed by atoms with Crippen LogP contribution in [0.1, 0.15) is 18.9 Å². The molecule has 0 aliphatic rings. The van der Waals surface area contributed by atoms with Crippen LogP contribution in [0.2, 0.25) is 5.02 Å². The molecule has 0 radical (unpaired) electrons. The number of benzene rings is 1. The maximum Gasteiger partial charge on any atom is 0.0515 e. The molecular formula is C10H12BrClO. The van der Waals surface area contributed by atoms with Crippen LogP contribution < -0.4 is 0 Å². The zero-order chi connectivity index (χ0) is 9.84. The second-order valence-corrected chi connectivity index (χ2v) is 4.41. The van der Waals surface area contributed by atoms with Crippen molar-refractivity contribution in [3.63, 3.8) is 0 Å². The van der Waals surface area contributed by atoms with E-state index in [1.165, 1.54) is 5.56 Å². The third-order valence-electron chi connectivity index (χ3n) is 1.85. The minimum absolute atomic E-state index is 0.248. The largest absolute Gasteiger partial charge is 0.393 e. The molecule has 0 bridgehead atoms. The highest BCUT2D eigenvalue weighted by atomic mass is 79.9. The Morgan fingerprint density at radius 1 is 1.54 bits per heavy atom. The lowest BCUT2D eigenvalue weighted by atomic mass is 10.1. The van der Waals surface area contributed by atoms with Gasteiger partial charge in [0.2, 0.25) is 0 Å². The lowest BCUT2D eigenvalue weighted by Gasteiger charge is -2.06. The molecule has 1 nitrogen and oxygen atoms in total. The Morgan fingerprint density at radius 3 is 2.77 bits per heavy atom. The van der Waals surface area contributed by atoms with E-state index in [-0.39, 0.29) is 6.10 Å². The number of hydrogen-bond acceptors (Lipinski definition) is 1. The molecule has 0 unspecified atom stereocenters. The Bertz CT molecular complexity index is 286. The number of aliphatic hydroxyl groups is 1. The van der Waals surface area contributed by atoms with Crippen LogP contribution in [0.3, 0.4) is 0 Å². The number of hydrogen-bond donors (Lipinski definition) is 1. The molecule has 72 valence electrons. The molecule has 0 amide bonds. The van der Waals surface area contributed by atoms with E-state index in [9.17, 15) is 0 Å². The van der Waals surface area contributed by atoms with Crippen molar-refractivity contribution in [3.05, 3.63) is 33.3 Å². The highest BCUT2D eigenvalue weighted by Crippen LogP contribution is 2.22. The van der Waals surface area contributed by atoms with E-state index in [0.717, 1.165) is 22.3 Å². The molecule has 1 aromatic carbocycles. The van der Waals surface area contributed by atoms with Gasteiger partial charge in [-0.3, -0.25) is 0 Å². The van der Waals surface area contributed by atoms with Crippen LogP contribution in [0.5, 0.6) is 0 Å². The van der Waals surface area contributed by atoms with E-state index < -0.39 is 0 Å². The summed E-state index contributed by atoms with van der Waals surface area (Å²) in [5.74, 6) is 0. The summed E-state index contributed by atoms with van der Waals surface area (Å²) in [5, 5.41) is 9.85. The SMILES string of the molecule is C[C@@H](O)CCc1ccc(Cl)cc1Br. The first-order valence-corrected chi connectivity index (χ1v) is 5.38. The summed E-state index contributed by atoms with van der Waals surface area (Å²) in [6, 6.07) is 5.72. The number of rotatable bonds is 3. The van der Waals surface area contributed by atoms with Gasteiger partial charge in [-0.2, -0.15) is 0 Å². The van der Waals surface area contributed by atoms with Gasteiger partial charge in [-0.15, -0.1) is 0 Å². The minimum atomic E-state index is -0.248. The fraction of sp³-hybridized carbons (Fsp3) is 0.400. The van der Waals surface area contributed by atoms with Crippen LogP contribution in [0.15, 0.2) is 22.7 Å². The van der Waals surface area contributed by atoms with Crippen molar-refractivity contribution in [1.29, 1.82) is 0 Å². The van der Waals surface area contributed by atoms with Crippen molar-refractivity contribution in [2.75, 3.05) is 0 Å². The molecule has 1 N–H and O–H groups in total. The molecule has 0 fully saturated rings. The van der Waals surface area contributed by atoms with E-state index in [0.29, 0.717) is 0 Å². The summed E-state index contributed by atoms with van der Waals surface area (Å²) in [4.78, 5) is 0. The van der Waals surface area contributed by atoms with Crippen LogP contribution in [0.25, 0.3) is 0 Å². The van der Waals surface area contributed by atoms with Gasteiger partial charge in [-0.05, 0) is 37.5 Å². The first-order chi connectivity index (χ1) is 6.09. The highest BCUT2D eigenvalue weighted by Gasteiger charge is 2.02. The maximum absolute atomic E-state index is 9.12. The number of aliphatic hydroxyl groups excluding tert-OH is 1. The lowest BCUT2D eigenvalue weighted by molar-refractivity contribution is 0.185. The van der Waals surface area contributed by atoms with Gasteiger partial charge in [0.1, 0.15) is 0 Å². The Kier molecular flexibility index (Phi) is 4.23. The topological polar surface area (TPSA) is 20.2 Å². The molecular weight excluding hydrogens is 251 g/mol. The lowest BCUT2D eigenvalue weighted by Crippen LogP contribution is -2.01. The molecule has 1 rings (SSSR count). The monoisotopic (exact) mass is 262 g/mol. The van der Waals surface area contributed by atoms with Crippen molar-refractivity contribution in [2.24, 2.45) is 0 Å². The van der Waals surface area contributed by atoms with Gasteiger partial charge in [-0.1, -0.05) is 33.6 Å². The van der Waals surface area contributed by atoms with Crippen molar-refractivity contribution in [3.8, 4) is 0 Å². The van der Waals surface area contributed by atoms with Crippen LogP contribution in [-0.4, -0.2) is 11.2 Å². The average Bonchev–Trinajstić information content (AvgIpc) is 2.02. The molecule has 3 heteroatoms. The molecule has 0 heterocycles. The smallest absolute Gasteiger partial charge is 0.0515 e. The van der Waals surface area contributed by atoms with Crippen LogP contribution in [0, 0.1) is 0 Å². The zero-order valence-corrected chi connectivity index (χ0v) is 9.77. The van der Waals surface area contributed by atoms with Crippen molar-refractivity contribution < 1.29 is 5.11 Å². The summed E-state index contributed by atoms with van der Waals surface area (Å²) >= 11 is 9.23. The predicted molar refractivity (Wildman–Crippen MR) is 59.2 cm³/mol. The van der Waals surface area contributed by atoms with Gasteiger partial charge in [-0.25, -0.2) is 0 Å². The summed E-state index contributed by atoms with van der Waals surface area (Å²) in [7, 11) is 0. The van der Waals surface area contributed by atoms with Crippen LogP contribution in [-0.2, 0) is 6.42 Å². The molecule has 0 saturated carbocycles. The van der Waals surface area contributed by atoms with Crippen molar-refractivity contribution in [2.45, 2.75) is 25.9 Å². The summed E-state index contributed by atoms with van der Waals surface area (Å²) in [6.07, 6.45) is 1.40. The fourth-order valence-electron chi connectivity index (χ4n) is 1.09. The van der Waals surface area contributed by atoms with Gasteiger partial charge >= 0.3 is 0 Å². The van der Waals surface area contributed by atoms with Gasteiger partial charge in [0.05, 0.1) is 6.10 Å². The normalized spacial score (nSPS) is 12.9. The zero-order valence-electron chi connectivity index (χ0n) is 7.43. The third kappa shape index (κ3) is 3.67. The van der Waals surface area contributed by atoms with E-state index >= 15 is 0 Å². The summed E-state index contributed by atoms with van der Waals surface area (Å²) in [6.45, 7) is 1.80. The van der Waals surface area contributed by atoms with Crippen molar-refractivity contribution >= 4 is 27.5 Å². The van der Waals surface area contributed by atoms with E-state index in [2.05, 4.69) is 15.9 Å². The van der Waals surface area contributed by atoms with Crippen LogP contribution in [0.4, 0.5) is 0 Å². The first-order valence-electron chi connectivity index (χ1n) is 4.21. The van der Waals surface area contributed by atoms with Gasteiger partial charge in [0.15, 0.2) is 0 Å². The molecule has 0 saturated heterocycles. The predicted octanol–water partition coefficient (Wildman–Crippen LogP) is 3.42. The molecule has 1 atom stereocenters. The molecule has 0 aromatic heterocycles. The average molecular weight is 264 g/mol. The number of aryl methyl sites for hydroxylation is 1. The second kappa shape index (κ2) is 4.99. The molecule has 0 aliphatic heterocycles. The van der Waals surface area contributed by atoms with Gasteiger partial charge < -0.3 is 5.11 Å². The number of halogens is 2. The summed E-state index contributed by atoms with van der Waals surface area (Å²) in [5.41, 5.74) is 1.19. The maximum atomic E-state index is 9.12. The molecule has 0 spiro atoms. The van der Waals surface area contributed by atoms with E-state index in [1.807, 2.05) is 18.2 Å². The Labute approximate surface area is 91.9 Å². The van der Waals surface area contributed by atoms with Crippen molar-refractivity contribution in [1.82, 2.24) is 0 Å². The second-order valence-electron chi connectivity index (χ2n) is 3.12. The molecule has 1 aromatic rings. The summed E-state index contributed by atoms with van der Waals surface area (Å²) < 4.78 is 1.01. The van der Waals surface area contributed by atoms with E-state index in [4.69, 9.17) is 16.7 Å². The molecule has 0 aliphatic carbocycles. The Hall–Kier alpha value is -0.0500. The highest BCUT2D eigenvalue weighted by molar-refractivity contribution is 9.10. The fourth-order valence-corrected chi connectivity index (χ4v) is 1.97. The minimum Gasteiger partial charge on any atom is -0.393 e. The van der Waals surface area contributed by atoms with Crippen LogP contribution >= 0.6 is 27.5 Å². The third-order valence-corrected chi connectivity index (χ3v) is 2.82. The Balaban J connectivity index is 2.67. The quantitative estimate of drug-likeness (QED) is 0.886. The van der Waals surface area contributed by atoms with Gasteiger partial charge in [0, 0.05) is 9.50 Å². The first kappa shape index (κ1) is 11.0. The molecule has 13 heavy (non-hydrogen) atoms.